The van der Waals surface area contributed by atoms with Crippen LogP contribution in [0.3, 0.4) is 0 Å². The van der Waals surface area contributed by atoms with Crippen LogP contribution in [0, 0.1) is 6.92 Å². The Morgan fingerprint density at radius 2 is 1.64 bits per heavy atom. The second-order valence-corrected chi connectivity index (χ2v) is 8.86. The highest BCUT2D eigenvalue weighted by molar-refractivity contribution is 6.00. The maximum Gasteiger partial charge on any atom is 0.278 e. The molecule has 0 spiro atoms. The number of pyridine rings is 2. The summed E-state index contributed by atoms with van der Waals surface area (Å²) in [5.41, 5.74) is 10.8. The maximum atomic E-state index is 13.5. The number of aryl methyl sites for hydroxylation is 3. The molecule has 1 amide bonds. The van der Waals surface area contributed by atoms with Crippen molar-refractivity contribution in [2.75, 3.05) is 12.3 Å². The highest BCUT2D eigenvalue weighted by atomic mass is 16.1. The third kappa shape index (κ3) is 4.55. The number of nitrogens with zero attached hydrogens (tertiary/aromatic N) is 3. The van der Waals surface area contributed by atoms with Crippen molar-refractivity contribution < 1.29 is 9.36 Å². The molecule has 0 aliphatic heterocycles. The van der Waals surface area contributed by atoms with Crippen LogP contribution in [-0.4, -0.2) is 21.8 Å². The van der Waals surface area contributed by atoms with E-state index in [9.17, 15) is 9.59 Å². The van der Waals surface area contributed by atoms with Crippen LogP contribution in [0.15, 0.2) is 89.9 Å². The molecule has 0 aliphatic carbocycles. The Morgan fingerprint density at radius 1 is 0.972 bits per heavy atom. The second kappa shape index (κ2) is 10.00. The first-order valence-electron chi connectivity index (χ1n) is 12.0. The van der Waals surface area contributed by atoms with Crippen molar-refractivity contribution in [3.63, 3.8) is 0 Å². The zero-order valence-corrected chi connectivity index (χ0v) is 20.1. The van der Waals surface area contributed by atoms with E-state index in [4.69, 9.17) is 10.7 Å². The summed E-state index contributed by atoms with van der Waals surface area (Å²) >= 11 is 0. The number of aromatic nitrogens is 3. The van der Waals surface area contributed by atoms with Crippen LogP contribution < -0.4 is 21.2 Å². The molecule has 0 unspecified atom stereocenters. The molecule has 0 bridgehead atoms. The smallest absolute Gasteiger partial charge is 0.278 e. The number of nitrogens with two attached hydrogens (primary N) is 1. The first-order valence-corrected chi connectivity index (χ1v) is 12.0. The first kappa shape index (κ1) is 23.2. The molecular formula is C29H28N5O2+. The van der Waals surface area contributed by atoms with Crippen LogP contribution in [-0.2, 0) is 19.4 Å². The summed E-state index contributed by atoms with van der Waals surface area (Å²) in [6, 6.07) is 25.3. The van der Waals surface area contributed by atoms with Gasteiger partial charge in [0.2, 0.25) is 11.5 Å². The lowest BCUT2D eigenvalue weighted by Crippen LogP contribution is -2.43. The zero-order chi connectivity index (χ0) is 25.1. The number of carbonyl (C=O) groups excluding carboxylic acids is 1. The SMILES string of the molecule is Cc1cccn2c(=O)c3cc(C(=O)NCCc4ccccc4)c(N)[n+](CCc4ccccc4)c3nc12. The predicted octanol–water partition coefficient (Wildman–Crippen LogP) is 3.24. The summed E-state index contributed by atoms with van der Waals surface area (Å²) in [5, 5.41) is 3.31. The van der Waals surface area contributed by atoms with Crippen molar-refractivity contribution in [1.82, 2.24) is 14.7 Å². The fourth-order valence-corrected chi connectivity index (χ4v) is 4.46. The Morgan fingerprint density at radius 3 is 2.33 bits per heavy atom. The van der Waals surface area contributed by atoms with Gasteiger partial charge in [-0.3, -0.25) is 14.0 Å². The van der Waals surface area contributed by atoms with Gasteiger partial charge in [0.05, 0.1) is 6.54 Å². The van der Waals surface area contributed by atoms with E-state index in [2.05, 4.69) is 5.32 Å². The van der Waals surface area contributed by atoms with Crippen molar-refractivity contribution in [2.24, 2.45) is 0 Å². The lowest BCUT2D eigenvalue weighted by Gasteiger charge is -2.13. The van der Waals surface area contributed by atoms with Gasteiger partial charge in [-0.15, -0.1) is 0 Å². The lowest BCUT2D eigenvalue weighted by atomic mass is 10.1. The molecule has 3 aromatic heterocycles. The molecule has 2 aromatic carbocycles. The van der Waals surface area contributed by atoms with Gasteiger partial charge in [0, 0.05) is 24.7 Å². The summed E-state index contributed by atoms with van der Waals surface area (Å²) in [4.78, 5) is 31.5. The van der Waals surface area contributed by atoms with Gasteiger partial charge in [-0.05, 0) is 36.6 Å². The minimum Gasteiger partial charge on any atom is -0.351 e. The topological polar surface area (TPSA) is 93.4 Å². The van der Waals surface area contributed by atoms with Crippen LogP contribution >= 0.6 is 0 Å². The third-order valence-corrected chi connectivity index (χ3v) is 6.43. The lowest BCUT2D eigenvalue weighted by molar-refractivity contribution is -0.658. The van der Waals surface area contributed by atoms with E-state index < -0.39 is 0 Å². The van der Waals surface area contributed by atoms with Crippen LogP contribution in [0.4, 0.5) is 5.82 Å². The highest BCUT2D eigenvalue weighted by Crippen LogP contribution is 2.16. The number of hydrogen-bond donors (Lipinski definition) is 2. The minimum atomic E-state index is -0.312. The van der Waals surface area contributed by atoms with Gasteiger partial charge in [0.15, 0.2) is 0 Å². The number of fused-ring (bicyclic) bond motifs is 2. The Kier molecular flexibility index (Phi) is 6.45. The highest BCUT2D eigenvalue weighted by Gasteiger charge is 2.24. The molecule has 0 saturated heterocycles. The predicted molar refractivity (Wildman–Crippen MR) is 141 cm³/mol. The van der Waals surface area contributed by atoms with Crippen molar-refractivity contribution in [2.45, 2.75) is 26.3 Å². The monoisotopic (exact) mass is 478 g/mol. The number of carbonyl (C=O) groups is 1. The Hall–Kier alpha value is -4.52. The van der Waals surface area contributed by atoms with E-state index in [0.29, 0.717) is 48.4 Å². The molecular weight excluding hydrogens is 450 g/mol. The van der Waals surface area contributed by atoms with Crippen LogP contribution in [0.1, 0.15) is 27.0 Å². The number of nitrogen functional groups attached to an aromatic ring is 1. The molecule has 0 atom stereocenters. The van der Waals surface area contributed by atoms with Gasteiger partial charge < -0.3 is 11.1 Å². The first-order chi connectivity index (χ1) is 17.5. The van der Waals surface area contributed by atoms with Crippen molar-refractivity contribution >= 4 is 28.4 Å². The van der Waals surface area contributed by atoms with Crippen molar-refractivity contribution in [1.29, 1.82) is 0 Å². The summed E-state index contributed by atoms with van der Waals surface area (Å²) < 4.78 is 3.31. The van der Waals surface area contributed by atoms with E-state index in [0.717, 1.165) is 16.7 Å². The van der Waals surface area contributed by atoms with Gasteiger partial charge in [-0.2, -0.15) is 0 Å². The molecule has 5 aromatic rings. The van der Waals surface area contributed by atoms with E-state index in [1.807, 2.05) is 79.7 Å². The quantitative estimate of drug-likeness (QED) is 0.277. The largest absolute Gasteiger partial charge is 0.351 e. The number of rotatable bonds is 7. The average molecular weight is 479 g/mol. The number of amides is 1. The normalized spacial score (nSPS) is 11.1. The van der Waals surface area contributed by atoms with E-state index in [1.165, 1.54) is 4.40 Å². The molecule has 180 valence electrons. The number of benzene rings is 2. The molecule has 0 aliphatic rings. The van der Waals surface area contributed by atoms with Gasteiger partial charge in [0.25, 0.3) is 17.1 Å². The Bertz CT molecular complexity index is 1610. The van der Waals surface area contributed by atoms with Crippen LogP contribution in [0.25, 0.3) is 16.7 Å². The summed E-state index contributed by atoms with van der Waals surface area (Å²) in [6.45, 7) is 2.85. The van der Waals surface area contributed by atoms with Crippen LogP contribution in [0.5, 0.6) is 0 Å². The molecule has 36 heavy (non-hydrogen) atoms. The van der Waals surface area contributed by atoms with Crippen molar-refractivity contribution in [3.05, 3.63) is 118 Å². The molecule has 5 rings (SSSR count). The van der Waals surface area contributed by atoms with Crippen LogP contribution in [0.2, 0.25) is 0 Å². The fraction of sp³-hybridized carbons (Fsp3) is 0.172. The number of hydrogen-bond acceptors (Lipinski definition) is 4. The van der Waals surface area contributed by atoms with Gasteiger partial charge in [-0.1, -0.05) is 71.7 Å². The minimum absolute atomic E-state index is 0.231. The molecule has 3 heterocycles. The summed E-state index contributed by atoms with van der Waals surface area (Å²) in [7, 11) is 0. The van der Waals surface area contributed by atoms with Crippen molar-refractivity contribution in [3.8, 4) is 0 Å². The Labute approximate surface area is 208 Å². The molecule has 7 heteroatoms. The second-order valence-electron chi connectivity index (χ2n) is 8.86. The van der Waals surface area contributed by atoms with E-state index in [1.54, 1.807) is 16.8 Å². The maximum absolute atomic E-state index is 13.5. The third-order valence-electron chi connectivity index (χ3n) is 6.43. The molecule has 3 N–H and O–H groups in total. The van der Waals surface area contributed by atoms with E-state index >= 15 is 0 Å². The fourth-order valence-electron chi connectivity index (χ4n) is 4.46. The molecule has 7 nitrogen and oxygen atoms in total. The molecule has 0 saturated carbocycles. The summed E-state index contributed by atoms with van der Waals surface area (Å²) in [6.07, 6.45) is 3.07. The number of nitrogens with one attached hydrogen (secondary N) is 1. The summed E-state index contributed by atoms with van der Waals surface area (Å²) in [5.74, 6) is -0.0204. The average Bonchev–Trinajstić information content (AvgIpc) is 2.90. The number of anilines is 1. The van der Waals surface area contributed by atoms with Gasteiger partial charge >= 0.3 is 0 Å². The molecule has 0 fully saturated rings. The zero-order valence-electron chi connectivity index (χ0n) is 20.1. The molecule has 0 radical (unpaired) electrons. The standard InChI is InChI=1S/C29H27N5O2/c1-20-9-8-17-34-26(20)32-27-24(29(34)36)19-23(28(35)31-16-14-21-10-4-2-5-11-21)25(30)33(27)18-15-22-12-6-3-7-13-22/h2-13,17,19,30H,14-16,18H2,1H3,(H,31,35)/p+1. The van der Waals surface area contributed by atoms with Gasteiger partial charge in [0.1, 0.15) is 10.9 Å². The van der Waals surface area contributed by atoms with Gasteiger partial charge in [-0.25, -0.2) is 4.57 Å². The van der Waals surface area contributed by atoms with E-state index in [-0.39, 0.29) is 17.0 Å². The Balaban J connectivity index is 1.57.